The first-order chi connectivity index (χ1) is 14.8. The van der Waals surface area contributed by atoms with Crippen LogP contribution in [0.4, 0.5) is 0 Å². The van der Waals surface area contributed by atoms with Crippen molar-refractivity contribution in [1.29, 1.82) is 0 Å². The van der Waals surface area contributed by atoms with Gasteiger partial charge in [0.05, 0.1) is 21.5 Å². The van der Waals surface area contributed by atoms with E-state index in [9.17, 15) is 18.0 Å². The number of carbonyl (C=O) groups is 2. The van der Waals surface area contributed by atoms with Crippen molar-refractivity contribution < 1.29 is 22.7 Å². The fourth-order valence-electron chi connectivity index (χ4n) is 3.39. The van der Waals surface area contributed by atoms with Gasteiger partial charge in [-0.1, -0.05) is 48.4 Å². The summed E-state index contributed by atoms with van der Waals surface area (Å²) in [6.07, 6.45) is 2.60. The molecule has 1 N–H and O–H groups in total. The number of hydrogen-bond donors (Lipinski definition) is 1. The zero-order valence-electron chi connectivity index (χ0n) is 17.2. The molecule has 0 spiro atoms. The normalized spacial score (nSPS) is 15.8. The molecule has 0 saturated carbocycles. The second-order valence-corrected chi connectivity index (χ2v) is 9.73. The molecule has 0 bridgehead atoms. The van der Waals surface area contributed by atoms with Crippen molar-refractivity contribution in [3.63, 3.8) is 0 Å². The van der Waals surface area contributed by atoms with E-state index in [0.29, 0.717) is 13.1 Å². The minimum atomic E-state index is -3.72. The van der Waals surface area contributed by atoms with Crippen molar-refractivity contribution in [2.45, 2.75) is 37.1 Å². The molecular weight excluding hydrogens is 440 g/mol. The minimum absolute atomic E-state index is 0.0205. The highest BCUT2D eigenvalue weighted by atomic mass is 35.5. The van der Waals surface area contributed by atoms with E-state index >= 15 is 0 Å². The van der Waals surface area contributed by atoms with Gasteiger partial charge >= 0.3 is 5.97 Å². The molecule has 1 saturated heterocycles. The van der Waals surface area contributed by atoms with Crippen LogP contribution < -0.4 is 5.32 Å². The molecule has 166 valence electrons. The van der Waals surface area contributed by atoms with Crippen molar-refractivity contribution in [2.24, 2.45) is 0 Å². The van der Waals surface area contributed by atoms with Crippen LogP contribution in [-0.4, -0.2) is 44.3 Å². The lowest BCUT2D eigenvalue weighted by Crippen LogP contribution is -2.35. The Morgan fingerprint density at radius 2 is 1.77 bits per heavy atom. The van der Waals surface area contributed by atoms with Crippen molar-refractivity contribution in [2.75, 3.05) is 19.7 Å². The number of nitrogens with one attached hydrogen (secondary N) is 1. The zero-order chi connectivity index (χ0) is 22.4. The van der Waals surface area contributed by atoms with Crippen LogP contribution in [0.5, 0.6) is 0 Å². The molecule has 1 atom stereocenters. The first kappa shape index (κ1) is 23.2. The fraction of sp³-hybridized carbons (Fsp3) is 0.364. The van der Waals surface area contributed by atoms with Crippen LogP contribution in [0.3, 0.4) is 0 Å². The Morgan fingerprint density at radius 1 is 1.10 bits per heavy atom. The lowest BCUT2D eigenvalue weighted by molar-refractivity contribution is -0.124. The maximum absolute atomic E-state index is 12.9. The lowest BCUT2D eigenvalue weighted by atomic mass is 10.1. The predicted octanol–water partition coefficient (Wildman–Crippen LogP) is 3.55. The summed E-state index contributed by atoms with van der Waals surface area (Å²) in [4.78, 5) is 24.6. The average Bonchev–Trinajstić information content (AvgIpc) is 2.78. The topological polar surface area (TPSA) is 92.8 Å². The molecule has 1 heterocycles. The summed E-state index contributed by atoms with van der Waals surface area (Å²) in [7, 11) is -3.72. The van der Waals surface area contributed by atoms with E-state index in [4.69, 9.17) is 16.3 Å². The summed E-state index contributed by atoms with van der Waals surface area (Å²) in [6.45, 7) is 2.21. The van der Waals surface area contributed by atoms with Crippen LogP contribution in [-0.2, 0) is 19.6 Å². The molecule has 7 nitrogen and oxygen atoms in total. The number of esters is 1. The van der Waals surface area contributed by atoms with E-state index in [2.05, 4.69) is 5.32 Å². The summed E-state index contributed by atoms with van der Waals surface area (Å²) >= 11 is 6.10. The number of hydrogen-bond acceptors (Lipinski definition) is 5. The third-order valence-electron chi connectivity index (χ3n) is 5.12. The Kier molecular flexibility index (Phi) is 7.69. The van der Waals surface area contributed by atoms with E-state index in [-0.39, 0.29) is 21.5 Å². The second kappa shape index (κ2) is 10.3. The van der Waals surface area contributed by atoms with Gasteiger partial charge in [-0.2, -0.15) is 4.31 Å². The van der Waals surface area contributed by atoms with E-state index in [1.165, 1.54) is 22.5 Å². The smallest absolute Gasteiger partial charge is 0.340 e. The molecule has 1 aliphatic rings. The number of benzene rings is 2. The molecule has 3 rings (SSSR count). The highest BCUT2D eigenvalue weighted by Crippen LogP contribution is 2.25. The molecule has 2 aromatic rings. The average molecular weight is 465 g/mol. The number of sulfonamides is 1. The van der Waals surface area contributed by atoms with Gasteiger partial charge in [0.1, 0.15) is 0 Å². The molecule has 0 aliphatic carbocycles. The Labute approximate surface area is 187 Å². The Hall–Kier alpha value is -2.42. The number of piperidine rings is 1. The SMILES string of the molecule is C[C@@H](NC(=O)COC(=O)c1cc(S(=O)(=O)N2CCCCC2)ccc1Cl)c1ccccc1. The van der Waals surface area contributed by atoms with Gasteiger partial charge in [0.25, 0.3) is 5.91 Å². The van der Waals surface area contributed by atoms with E-state index in [0.717, 1.165) is 24.8 Å². The molecular formula is C22H25ClN2O5S. The largest absolute Gasteiger partial charge is 0.452 e. The van der Waals surface area contributed by atoms with Gasteiger partial charge in [0.2, 0.25) is 10.0 Å². The Morgan fingerprint density at radius 3 is 2.45 bits per heavy atom. The lowest BCUT2D eigenvalue weighted by Gasteiger charge is -2.26. The summed E-state index contributed by atoms with van der Waals surface area (Å²) in [5.41, 5.74) is 0.824. The van der Waals surface area contributed by atoms with Crippen LogP contribution in [0.1, 0.15) is 48.1 Å². The van der Waals surface area contributed by atoms with Crippen LogP contribution in [0, 0.1) is 0 Å². The monoisotopic (exact) mass is 464 g/mol. The van der Waals surface area contributed by atoms with E-state index < -0.39 is 28.5 Å². The van der Waals surface area contributed by atoms with E-state index in [1.807, 2.05) is 37.3 Å². The highest BCUT2D eigenvalue weighted by molar-refractivity contribution is 7.89. The Balaban J connectivity index is 1.65. The van der Waals surface area contributed by atoms with Crippen LogP contribution in [0.25, 0.3) is 0 Å². The molecule has 0 radical (unpaired) electrons. The molecule has 9 heteroatoms. The van der Waals surface area contributed by atoms with Crippen molar-refractivity contribution in [3.8, 4) is 0 Å². The van der Waals surface area contributed by atoms with Gasteiger partial charge < -0.3 is 10.1 Å². The van der Waals surface area contributed by atoms with Crippen molar-refractivity contribution in [1.82, 2.24) is 9.62 Å². The number of halogens is 1. The number of carbonyl (C=O) groups excluding carboxylic acids is 2. The van der Waals surface area contributed by atoms with Crippen molar-refractivity contribution in [3.05, 3.63) is 64.7 Å². The molecule has 31 heavy (non-hydrogen) atoms. The van der Waals surface area contributed by atoms with Gasteiger partial charge in [-0.3, -0.25) is 4.79 Å². The van der Waals surface area contributed by atoms with Crippen LogP contribution >= 0.6 is 11.6 Å². The second-order valence-electron chi connectivity index (χ2n) is 7.38. The number of amides is 1. The molecule has 0 unspecified atom stereocenters. The molecule has 1 aliphatic heterocycles. The Bertz CT molecular complexity index is 1040. The third kappa shape index (κ3) is 5.84. The number of ether oxygens (including phenoxy) is 1. The maximum atomic E-state index is 12.9. The van der Waals surface area contributed by atoms with Gasteiger partial charge in [0.15, 0.2) is 6.61 Å². The van der Waals surface area contributed by atoms with Gasteiger partial charge in [-0.15, -0.1) is 0 Å². The first-order valence-electron chi connectivity index (χ1n) is 10.1. The molecule has 0 aromatic heterocycles. The zero-order valence-corrected chi connectivity index (χ0v) is 18.8. The maximum Gasteiger partial charge on any atom is 0.340 e. The fourth-order valence-corrected chi connectivity index (χ4v) is 5.13. The summed E-state index contributed by atoms with van der Waals surface area (Å²) in [5.74, 6) is -1.33. The third-order valence-corrected chi connectivity index (χ3v) is 7.35. The standard InChI is InChI=1S/C22H25ClN2O5S/c1-16(17-8-4-2-5-9-17)24-21(26)15-30-22(27)19-14-18(10-11-20(19)23)31(28,29)25-12-6-3-7-13-25/h2,4-5,8-11,14,16H,3,6-7,12-13,15H2,1H3,(H,24,26)/t16-/m1/s1. The van der Waals surface area contributed by atoms with Gasteiger partial charge in [0, 0.05) is 13.1 Å². The quantitative estimate of drug-likeness (QED) is 0.632. The van der Waals surface area contributed by atoms with Gasteiger partial charge in [-0.05, 0) is 43.5 Å². The first-order valence-corrected chi connectivity index (χ1v) is 11.9. The molecule has 2 aromatic carbocycles. The minimum Gasteiger partial charge on any atom is -0.452 e. The number of nitrogens with zero attached hydrogens (tertiary/aromatic N) is 1. The van der Waals surface area contributed by atoms with E-state index in [1.54, 1.807) is 0 Å². The van der Waals surface area contributed by atoms with Crippen LogP contribution in [0.15, 0.2) is 53.4 Å². The van der Waals surface area contributed by atoms with Crippen molar-refractivity contribution >= 4 is 33.5 Å². The number of rotatable bonds is 7. The summed E-state index contributed by atoms with van der Waals surface area (Å²) in [5, 5.41) is 2.80. The van der Waals surface area contributed by atoms with Gasteiger partial charge in [-0.25, -0.2) is 13.2 Å². The van der Waals surface area contributed by atoms with Crippen LogP contribution in [0.2, 0.25) is 5.02 Å². The summed E-state index contributed by atoms with van der Waals surface area (Å²) < 4.78 is 32.2. The predicted molar refractivity (Wildman–Crippen MR) is 117 cm³/mol. The summed E-state index contributed by atoms with van der Waals surface area (Å²) in [6, 6.07) is 13.0. The highest BCUT2D eigenvalue weighted by Gasteiger charge is 2.27. The molecule has 1 fully saturated rings. The molecule has 1 amide bonds.